The molecule has 6 aromatic rings. The Morgan fingerprint density at radius 1 is 0.618 bits per heavy atom. The Labute approximate surface area is 196 Å². The van der Waals surface area contributed by atoms with Crippen molar-refractivity contribution >= 4 is 39.6 Å². The molecule has 0 aliphatic carbocycles. The number of benzene rings is 4. The lowest BCUT2D eigenvalue weighted by Gasteiger charge is -2.32. The Morgan fingerprint density at radius 2 is 1.29 bits per heavy atom. The van der Waals surface area contributed by atoms with Gasteiger partial charge in [0.2, 0.25) is 5.88 Å². The van der Waals surface area contributed by atoms with Crippen molar-refractivity contribution < 1.29 is 9.39 Å². The molecule has 0 spiro atoms. The normalized spacial score (nSPS) is 13.1. The van der Waals surface area contributed by atoms with E-state index in [0.29, 0.717) is 5.88 Å². The molecule has 2 aliphatic heterocycles. The lowest BCUT2D eigenvalue weighted by molar-refractivity contribution is 0.460. The van der Waals surface area contributed by atoms with Crippen LogP contribution in [-0.2, 0) is 0 Å². The Kier molecular flexibility index (Phi) is 3.45. The standard InChI is InChI=1S/C29H17BN2O2/c1-4-12-23-18(8-1)19-9-2-5-13-24(19)32(23)27-17-16-22-29(31-27)33-26-15-7-11-21-20-10-3-6-14-25(20)34-30(22)28(21)26/h1-17H. The van der Waals surface area contributed by atoms with Crippen LogP contribution >= 0.6 is 0 Å². The number of aromatic nitrogens is 2. The highest BCUT2D eigenvalue weighted by molar-refractivity contribution is 6.84. The fourth-order valence-electron chi connectivity index (χ4n) is 5.46. The largest absolute Gasteiger partial charge is 0.551 e. The van der Waals surface area contributed by atoms with Crippen LogP contribution < -0.4 is 20.3 Å². The summed E-state index contributed by atoms with van der Waals surface area (Å²) in [7, 11) is 0. The number of fused-ring (bicyclic) bond motifs is 7. The molecule has 2 aromatic heterocycles. The Balaban J connectivity index is 1.35. The highest BCUT2D eigenvalue weighted by atomic mass is 16.5. The third-order valence-electron chi connectivity index (χ3n) is 6.92. The van der Waals surface area contributed by atoms with E-state index in [1.165, 1.54) is 10.8 Å². The topological polar surface area (TPSA) is 36.3 Å². The summed E-state index contributed by atoms with van der Waals surface area (Å²) in [6.07, 6.45) is 0. The van der Waals surface area contributed by atoms with Crippen molar-refractivity contribution in [2.45, 2.75) is 0 Å². The number of rotatable bonds is 1. The zero-order valence-electron chi connectivity index (χ0n) is 18.1. The average molecular weight is 436 g/mol. The average Bonchev–Trinajstić information content (AvgIpc) is 3.23. The fourth-order valence-corrected chi connectivity index (χ4v) is 5.46. The third-order valence-corrected chi connectivity index (χ3v) is 6.92. The van der Waals surface area contributed by atoms with E-state index in [2.05, 4.69) is 77.4 Å². The molecule has 0 bridgehead atoms. The molecule has 4 nitrogen and oxygen atoms in total. The van der Waals surface area contributed by atoms with Gasteiger partial charge in [-0.05, 0) is 35.9 Å². The van der Waals surface area contributed by atoms with Crippen LogP contribution in [0.4, 0.5) is 0 Å². The molecule has 0 radical (unpaired) electrons. The van der Waals surface area contributed by atoms with Gasteiger partial charge in [0.15, 0.2) is 0 Å². The first-order chi connectivity index (χ1) is 16.9. The lowest BCUT2D eigenvalue weighted by Crippen LogP contribution is -2.53. The second kappa shape index (κ2) is 6.52. The van der Waals surface area contributed by atoms with Crippen LogP contribution in [0.3, 0.4) is 0 Å². The molecule has 0 fully saturated rings. The van der Waals surface area contributed by atoms with E-state index in [4.69, 9.17) is 14.4 Å². The number of para-hydroxylation sites is 3. The van der Waals surface area contributed by atoms with Gasteiger partial charge in [0, 0.05) is 27.3 Å². The molecule has 0 atom stereocenters. The Hall–Kier alpha value is -4.51. The number of pyridine rings is 1. The summed E-state index contributed by atoms with van der Waals surface area (Å²) >= 11 is 0. The zero-order chi connectivity index (χ0) is 22.2. The number of nitrogens with zero attached hydrogens (tertiary/aromatic N) is 2. The summed E-state index contributed by atoms with van der Waals surface area (Å²) in [5, 5.41) is 2.42. The van der Waals surface area contributed by atoms with Gasteiger partial charge in [0.1, 0.15) is 17.3 Å². The van der Waals surface area contributed by atoms with E-state index in [1.807, 2.05) is 30.3 Å². The molecule has 5 heteroatoms. The van der Waals surface area contributed by atoms with Gasteiger partial charge in [0.25, 0.3) is 0 Å². The minimum atomic E-state index is -0.246. The van der Waals surface area contributed by atoms with Crippen molar-refractivity contribution in [3.63, 3.8) is 0 Å². The Bertz CT molecular complexity index is 1740. The van der Waals surface area contributed by atoms with Gasteiger partial charge in [-0.15, -0.1) is 0 Å². The van der Waals surface area contributed by atoms with Gasteiger partial charge >= 0.3 is 6.92 Å². The van der Waals surface area contributed by atoms with Crippen molar-refractivity contribution in [3.05, 3.63) is 103 Å². The molecular formula is C29H17BN2O2. The molecule has 2 aliphatic rings. The highest BCUT2D eigenvalue weighted by Gasteiger charge is 2.41. The van der Waals surface area contributed by atoms with Gasteiger partial charge < -0.3 is 9.39 Å². The van der Waals surface area contributed by atoms with E-state index in [-0.39, 0.29) is 6.92 Å². The van der Waals surface area contributed by atoms with Gasteiger partial charge in [-0.3, -0.25) is 4.57 Å². The van der Waals surface area contributed by atoms with Crippen LogP contribution in [0.1, 0.15) is 0 Å². The highest BCUT2D eigenvalue weighted by Crippen LogP contribution is 2.38. The van der Waals surface area contributed by atoms with E-state index in [9.17, 15) is 0 Å². The Morgan fingerprint density at radius 3 is 2.12 bits per heavy atom. The fraction of sp³-hybridized carbons (Fsp3) is 0. The molecule has 158 valence electrons. The van der Waals surface area contributed by atoms with Crippen molar-refractivity contribution in [2.75, 3.05) is 0 Å². The quantitative estimate of drug-likeness (QED) is 0.322. The van der Waals surface area contributed by atoms with Crippen molar-refractivity contribution in [1.29, 1.82) is 0 Å². The van der Waals surface area contributed by atoms with Crippen molar-refractivity contribution in [2.24, 2.45) is 0 Å². The maximum atomic E-state index is 6.51. The number of hydrogen-bond donors (Lipinski definition) is 0. The van der Waals surface area contributed by atoms with E-state index < -0.39 is 0 Å². The SMILES string of the molecule is c1ccc2c(c1)OB1c3ccc(-n4c5ccccc5c5ccccc54)nc3Oc3cccc-2c31. The summed E-state index contributed by atoms with van der Waals surface area (Å²) in [6.45, 7) is -0.246. The monoisotopic (exact) mass is 436 g/mol. The summed E-state index contributed by atoms with van der Waals surface area (Å²) in [5.41, 5.74) is 6.51. The predicted octanol–water partition coefficient (Wildman–Crippen LogP) is 5.45. The molecule has 0 saturated heterocycles. The first kappa shape index (κ1) is 18.0. The number of ether oxygens (including phenoxy) is 1. The molecule has 0 unspecified atom stereocenters. The minimum absolute atomic E-state index is 0.246. The van der Waals surface area contributed by atoms with Crippen LogP contribution in [0.5, 0.6) is 17.4 Å². The number of hydrogen-bond acceptors (Lipinski definition) is 3. The summed E-state index contributed by atoms with van der Waals surface area (Å²) < 4.78 is 15.1. The van der Waals surface area contributed by atoms with Crippen molar-refractivity contribution in [3.8, 4) is 34.3 Å². The molecule has 8 rings (SSSR count). The molecule has 34 heavy (non-hydrogen) atoms. The molecule has 0 amide bonds. The van der Waals surface area contributed by atoms with Gasteiger partial charge in [-0.2, -0.15) is 4.98 Å². The first-order valence-electron chi connectivity index (χ1n) is 11.4. The van der Waals surface area contributed by atoms with Gasteiger partial charge in [-0.25, -0.2) is 0 Å². The van der Waals surface area contributed by atoms with Crippen LogP contribution in [0.15, 0.2) is 103 Å². The van der Waals surface area contributed by atoms with E-state index in [0.717, 1.165) is 50.4 Å². The molecular weight excluding hydrogens is 419 g/mol. The molecule has 0 saturated carbocycles. The van der Waals surface area contributed by atoms with Gasteiger partial charge in [-0.1, -0.05) is 72.8 Å². The van der Waals surface area contributed by atoms with Crippen molar-refractivity contribution in [1.82, 2.24) is 9.55 Å². The second-order valence-electron chi connectivity index (χ2n) is 8.75. The van der Waals surface area contributed by atoms with Crippen LogP contribution in [0, 0.1) is 0 Å². The summed E-state index contributed by atoms with van der Waals surface area (Å²) in [4.78, 5) is 5.02. The molecule has 0 N–H and O–H groups in total. The minimum Gasteiger partial charge on any atom is -0.551 e. The molecule has 4 heterocycles. The first-order valence-corrected chi connectivity index (χ1v) is 11.4. The van der Waals surface area contributed by atoms with Gasteiger partial charge in [0.05, 0.1) is 11.0 Å². The van der Waals surface area contributed by atoms with Crippen LogP contribution in [0.2, 0.25) is 0 Å². The predicted molar refractivity (Wildman–Crippen MR) is 136 cm³/mol. The lowest BCUT2D eigenvalue weighted by atomic mass is 9.51. The zero-order valence-corrected chi connectivity index (χ0v) is 18.1. The molecule has 4 aromatic carbocycles. The maximum Gasteiger partial charge on any atom is 0.436 e. The summed E-state index contributed by atoms with van der Waals surface area (Å²) in [5.74, 6) is 3.10. The third kappa shape index (κ3) is 2.31. The van der Waals surface area contributed by atoms with E-state index >= 15 is 0 Å². The smallest absolute Gasteiger partial charge is 0.436 e. The second-order valence-corrected chi connectivity index (χ2v) is 8.75. The van der Waals surface area contributed by atoms with Crippen LogP contribution in [0.25, 0.3) is 38.8 Å². The summed E-state index contributed by atoms with van der Waals surface area (Å²) in [6, 6.07) is 35.4. The van der Waals surface area contributed by atoms with E-state index in [1.54, 1.807) is 0 Å². The van der Waals surface area contributed by atoms with Crippen LogP contribution in [-0.4, -0.2) is 16.5 Å². The maximum absolute atomic E-state index is 6.51.